The first kappa shape index (κ1) is 20.4. The zero-order chi connectivity index (χ0) is 19.3. The van der Waals surface area contributed by atoms with Crippen LogP contribution in [0.25, 0.3) is 0 Å². The normalized spacial score (nSPS) is 11.3. The van der Waals surface area contributed by atoms with Crippen molar-refractivity contribution >= 4 is 45.7 Å². The molecule has 2 aromatic rings. The van der Waals surface area contributed by atoms with Crippen LogP contribution in [0.1, 0.15) is 38.3 Å². The molecule has 26 heavy (non-hydrogen) atoms. The smallest absolute Gasteiger partial charge is 0.234 e. The molecular formula is C18H24N4O2S2. The highest BCUT2D eigenvalue weighted by Crippen LogP contribution is 2.27. The lowest BCUT2D eigenvalue weighted by atomic mass is 9.92. The van der Waals surface area contributed by atoms with Gasteiger partial charge in [0, 0.05) is 12.1 Å². The molecule has 0 aliphatic rings. The number of anilines is 2. The second kappa shape index (κ2) is 8.64. The van der Waals surface area contributed by atoms with Crippen molar-refractivity contribution < 1.29 is 9.59 Å². The Kier molecular flexibility index (Phi) is 6.77. The maximum absolute atomic E-state index is 12.1. The minimum absolute atomic E-state index is 0.0850. The summed E-state index contributed by atoms with van der Waals surface area (Å²) < 4.78 is 0.646. The molecule has 2 rings (SSSR count). The average molecular weight is 393 g/mol. The van der Waals surface area contributed by atoms with E-state index in [1.807, 2.05) is 52.8 Å². The second-order valence-corrected chi connectivity index (χ2v) is 9.44. The highest BCUT2D eigenvalue weighted by molar-refractivity contribution is 8.01. The number of hydrogen-bond donors (Lipinski definition) is 2. The quantitative estimate of drug-likeness (QED) is 0.567. The number of benzene rings is 1. The van der Waals surface area contributed by atoms with E-state index >= 15 is 0 Å². The monoisotopic (exact) mass is 392 g/mol. The fraction of sp³-hybridized carbons (Fsp3) is 0.444. The number of rotatable bonds is 6. The van der Waals surface area contributed by atoms with E-state index in [9.17, 15) is 9.59 Å². The van der Waals surface area contributed by atoms with Gasteiger partial charge in [0.05, 0.1) is 5.75 Å². The number of nitrogens with one attached hydrogen (secondary N) is 2. The van der Waals surface area contributed by atoms with E-state index in [2.05, 4.69) is 20.8 Å². The summed E-state index contributed by atoms with van der Waals surface area (Å²) >= 11 is 2.57. The Hall–Kier alpha value is -1.93. The van der Waals surface area contributed by atoms with Crippen molar-refractivity contribution in [3.63, 3.8) is 0 Å². The first-order valence-electron chi connectivity index (χ1n) is 8.26. The van der Waals surface area contributed by atoms with Crippen molar-refractivity contribution in [2.24, 2.45) is 5.41 Å². The van der Waals surface area contributed by atoms with Crippen LogP contribution in [0.5, 0.6) is 0 Å². The Morgan fingerprint density at radius 2 is 1.85 bits per heavy atom. The largest absolute Gasteiger partial charge is 0.325 e. The van der Waals surface area contributed by atoms with E-state index in [0.717, 1.165) is 16.8 Å². The van der Waals surface area contributed by atoms with Crippen molar-refractivity contribution in [2.75, 3.05) is 16.4 Å². The molecular weight excluding hydrogens is 368 g/mol. The minimum atomic E-state index is -0.0998. The van der Waals surface area contributed by atoms with Gasteiger partial charge in [-0.05, 0) is 36.5 Å². The van der Waals surface area contributed by atoms with Crippen LogP contribution in [-0.2, 0) is 9.59 Å². The second-order valence-electron chi connectivity index (χ2n) is 7.24. The van der Waals surface area contributed by atoms with Gasteiger partial charge in [-0.1, -0.05) is 56.0 Å². The van der Waals surface area contributed by atoms with Crippen LogP contribution < -0.4 is 10.6 Å². The SMILES string of the molecule is Cc1cccc(NC(=O)CSc2nnc(NC(=O)CC(C)(C)C)s2)c1C. The van der Waals surface area contributed by atoms with Crippen LogP contribution in [0.4, 0.5) is 10.8 Å². The number of carbonyl (C=O) groups is 2. The molecule has 0 fully saturated rings. The van der Waals surface area contributed by atoms with E-state index in [1.54, 1.807) is 0 Å². The van der Waals surface area contributed by atoms with Crippen LogP contribution in [0, 0.1) is 19.3 Å². The molecule has 140 valence electrons. The zero-order valence-electron chi connectivity index (χ0n) is 15.7. The molecule has 2 N–H and O–H groups in total. The molecule has 8 heteroatoms. The van der Waals surface area contributed by atoms with Crippen molar-refractivity contribution in [1.82, 2.24) is 10.2 Å². The van der Waals surface area contributed by atoms with Crippen LogP contribution in [0.2, 0.25) is 0 Å². The van der Waals surface area contributed by atoms with Gasteiger partial charge in [0.25, 0.3) is 0 Å². The Labute approximate surface area is 162 Å². The summed E-state index contributed by atoms with van der Waals surface area (Å²) in [5.74, 6) is 0.0490. The number of amides is 2. The van der Waals surface area contributed by atoms with Crippen LogP contribution in [0.15, 0.2) is 22.5 Å². The van der Waals surface area contributed by atoms with Gasteiger partial charge in [-0.3, -0.25) is 9.59 Å². The van der Waals surface area contributed by atoms with Crippen molar-refractivity contribution in [3.05, 3.63) is 29.3 Å². The highest BCUT2D eigenvalue weighted by Gasteiger charge is 2.17. The Bertz CT molecular complexity index is 797. The van der Waals surface area contributed by atoms with Gasteiger partial charge in [-0.2, -0.15) is 0 Å². The van der Waals surface area contributed by atoms with E-state index in [-0.39, 0.29) is 23.0 Å². The molecule has 2 amide bonds. The summed E-state index contributed by atoms with van der Waals surface area (Å²) in [6.07, 6.45) is 0.410. The van der Waals surface area contributed by atoms with E-state index in [0.29, 0.717) is 15.9 Å². The Morgan fingerprint density at radius 3 is 2.54 bits per heavy atom. The summed E-state index contributed by atoms with van der Waals surface area (Å²) in [6, 6.07) is 5.82. The maximum atomic E-state index is 12.1. The average Bonchev–Trinajstić information content (AvgIpc) is 2.95. The summed E-state index contributed by atoms with van der Waals surface area (Å²) in [7, 11) is 0. The van der Waals surface area contributed by atoms with Crippen molar-refractivity contribution in [1.29, 1.82) is 0 Å². The lowest BCUT2D eigenvalue weighted by Crippen LogP contribution is -2.19. The molecule has 0 aliphatic carbocycles. The fourth-order valence-corrected chi connectivity index (χ4v) is 3.73. The number of thioether (sulfide) groups is 1. The Balaban J connectivity index is 1.84. The maximum Gasteiger partial charge on any atom is 0.234 e. The summed E-state index contributed by atoms with van der Waals surface area (Å²) in [4.78, 5) is 24.1. The molecule has 0 aliphatic heterocycles. The third kappa shape index (κ3) is 6.42. The lowest BCUT2D eigenvalue weighted by molar-refractivity contribution is -0.118. The van der Waals surface area contributed by atoms with Gasteiger partial charge in [-0.15, -0.1) is 10.2 Å². The fourth-order valence-electron chi connectivity index (χ4n) is 2.16. The van der Waals surface area contributed by atoms with E-state index in [4.69, 9.17) is 0 Å². The summed E-state index contributed by atoms with van der Waals surface area (Å²) in [5, 5.41) is 14.1. The molecule has 1 aromatic carbocycles. The molecule has 6 nitrogen and oxygen atoms in total. The molecule has 1 aromatic heterocycles. The molecule has 1 heterocycles. The molecule has 0 unspecified atom stereocenters. The molecule has 0 bridgehead atoms. The van der Waals surface area contributed by atoms with E-state index in [1.165, 1.54) is 23.1 Å². The lowest BCUT2D eigenvalue weighted by Gasteiger charge is -2.16. The number of nitrogens with zero attached hydrogens (tertiary/aromatic N) is 2. The van der Waals surface area contributed by atoms with Gasteiger partial charge in [-0.25, -0.2) is 0 Å². The topological polar surface area (TPSA) is 84.0 Å². The number of carbonyl (C=O) groups excluding carboxylic acids is 2. The Morgan fingerprint density at radius 1 is 1.12 bits per heavy atom. The molecule has 0 saturated heterocycles. The number of aryl methyl sites for hydroxylation is 1. The van der Waals surface area contributed by atoms with Crippen LogP contribution in [-0.4, -0.2) is 27.8 Å². The predicted octanol–water partition coefficient (Wildman–Crippen LogP) is 4.26. The molecule has 0 radical (unpaired) electrons. The van der Waals surface area contributed by atoms with Crippen molar-refractivity contribution in [3.8, 4) is 0 Å². The minimum Gasteiger partial charge on any atom is -0.325 e. The van der Waals surface area contributed by atoms with Crippen LogP contribution >= 0.6 is 23.1 Å². The predicted molar refractivity (Wildman–Crippen MR) is 108 cm³/mol. The van der Waals surface area contributed by atoms with Crippen LogP contribution in [0.3, 0.4) is 0 Å². The summed E-state index contributed by atoms with van der Waals surface area (Å²) in [6.45, 7) is 10.00. The van der Waals surface area contributed by atoms with Gasteiger partial charge < -0.3 is 10.6 Å². The van der Waals surface area contributed by atoms with Gasteiger partial charge >= 0.3 is 0 Å². The number of aromatic nitrogens is 2. The number of hydrogen-bond acceptors (Lipinski definition) is 6. The first-order valence-corrected chi connectivity index (χ1v) is 10.1. The van der Waals surface area contributed by atoms with Crippen molar-refractivity contribution in [2.45, 2.75) is 45.4 Å². The third-order valence-electron chi connectivity index (χ3n) is 3.55. The zero-order valence-corrected chi connectivity index (χ0v) is 17.3. The van der Waals surface area contributed by atoms with Gasteiger partial charge in [0.15, 0.2) is 4.34 Å². The van der Waals surface area contributed by atoms with E-state index < -0.39 is 0 Å². The van der Waals surface area contributed by atoms with Gasteiger partial charge in [0.2, 0.25) is 16.9 Å². The summed E-state index contributed by atoms with van der Waals surface area (Å²) in [5.41, 5.74) is 2.93. The van der Waals surface area contributed by atoms with Gasteiger partial charge in [0.1, 0.15) is 0 Å². The molecule has 0 saturated carbocycles. The molecule has 0 atom stereocenters. The first-order chi connectivity index (χ1) is 12.1. The third-order valence-corrected chi connectivity index (χ3v) is 5.52. The standard InChI is InChI=1S/C18H24N4O2S2/c1-11-7-6-8-13(12(11)2)19-15(24)10-25-17-22-21-16(26-17)20-14(23)9-18(3,4)5/h6-8H,9-10H2,1-5H3,(H,19,24)(H,20,21,23). The molecule has 0 spiro atoms. The highest BCUT2D eigenvalue weighted by atomic mass is 32.2.